The van der Waals surface area contributed by atoms with Gasteiger partial charge in [-0.3, -0.25) is 5.84 Å². The highest BCUT2D eigenvalue weighted by Gasteiger charge is 2.39. The molecule has 2 fully saturated rings. The molecule has 55 valence electrons. The van der Waals surface area contributed by atoms with Gasteiger partial charge in [0.25, 0.3) is 0 Å². The number of hydrogen-bond donors (Lipinski definition) is 1. The van der Waals surface area contributed by atoms with Gasteiger partial charge in [0.1, 0.15) is 7.28 Å². The minimum Gasteiger partial charge on any atom is -0.269 e. The summed E-state index contributed by atoms with van der Waals surface area (Å²) in [6.07, 6.45) is 5.35. The van der Waals surface area contributed by atoms with Gasteiger partial charge in [-0.1, -0.05) is 18.1 Å². The molecule has 0 saturated carbocycles. The topological polar surface area (TPSA) is 29.3 Å². The normalized spacial score (nSPS) is 31.3. The maximum Gasteiger partial charge on any atom is 0.117 e. The van der Waals surface area contributed by atoms with Crippen LogP contribution in [0.2, 0.25) is 11.6 Å². The van der Waals surface area contributed by atoms with Crippen LogP contribution in [0, 0.1) is 0 Å². The maximum absolute atomic E-state index is 5.65. The van der Waals surface area contributed by atoms with E-state index in [1.165, 1.54) is 25.6 Å². The van der Waals surface area contributed by atoms with Crippen molar-refractivity contribution in [3.63, 3.8) is 0 Å². The van der Waals surface area contributed by atoms with Crippen molar-refractivity contribution in [2.45, 2.75) is 30.9 Å². The predicted molar refractivity (Wildman–Crippen MR) is 42.9 cm³/mol. The smallest absolute Gasteiger partial charge is 0.117 e. The van der Waals surface area contributed by atoms with Crippen LogP contribution in [0.4, 0.5) is 0 Å². The van der Waals surface area contributed by atoms with Gasteiger partial charge in [-0.2, -0.15) is 0 Å². The lowest BCUT2D eigenvalue weighted by Gasteiger charge is -2.46. The highest BCUT2D eigenvalue weighted by atomic mass is 15.4. The molecule has 2 N–H and O–H groups in total. The summed E-state index contributed by atoms with van der Waals surface area (Å²) in [6.45, 7) is 2.19. The number of nitrogens with two attached hydrogens (primary N) is 1. The summed E-state index contributed by atoms with van der Waals surface area (Å²) in [5, 5.41) is 2.58. The maximum atomic E-state index is 5.65. The molecule has 0 aromatic carbocycles. The van der Waals surface area contributed by atoms with E-state index < -0.39 is 0 Å². The number of nitrogens with zero attached hydrogens (tertiary/aromatic N) is 1. The van der Waals surface area contributed by atoms with Gasteiger partial charge in [0, 0.05) is 13.1 Å². The molecule has 10 heavy (non-hydrogen) atoms. The van der Waals surface area contributed by atoms with Crippen molar-refractivity contribution in [2.24, 2.45) is 5.84 Å². The summed E-state index contributed by atoms with van der Waals surface area (Å²) in [5.74, 6) is 5.65. The Kier molecular flexibility index (Phi) is 1.50. The van der Waals surface area contributed by atoms with E-state index in [4.69, 9.17) is 5.84 Å². The van der Waals surface area contributed by atoms with E-state index in [9.17, 15) is 0 Å². The van der Waals surface area contributed by atoms with E-state index in [0.29, 0.717) is 5.31 Å². The molecule has 0 bridgehead atoms. The summed E-state index contributed by atoms with van der Waals surface area (Å²) < 4.78 is 0. The first-order chi connectivity index (χ1) is 4.81. The Morgan fingerprint density at radius 1 is 1.20 bits per heavy atom. The van der Waals surface area contributed by atoms with Crippen LogP contribution in [0.15, 0.2) is 0 Å². The van der Waals surface area contributed by atoms with Crippen LogP contribution >= 0.6 is 0 Å². The third-order valence-electron chi connectivity index (χ3n) is 3.01. The molecule has 0 aromatic heterocycles. The molecule has 2 nitrogen and oxygen atoms in total. The van der Waals surface area contributed by atoms with Crippen molar-refractivity contribution < 1.29 is 0 Å². The predicted octanol–water partition coefficient (Wildman–Crippen LogP) is 0.641. The van der Waals surface area contributed by atoms with Gasteiger partial charge in [-0.15, -0.1) is 0 Å². The SMILES string of the molecule is NN1CCC2([B]CC2)CC1. The van der Waals surface area contributed by atoms with Gasteiger partial charge in [0.2, 0.25) is 0 Å². The summed E-state index contributed by atoms with van der Waals surface area (Å²) in [4.78, 5) is 0. The second-order valence-corrected chi connectivity index (χ2v) is 3.64. The van der Waals surface area contributed by atoms with Crippen molar-refractivity contribution in [2.75, 3.05) is 13.1 Å². The lowest BCUT2D eigenvalue weighted by molar-refractivity contribution is 0.183. The van der Waals surface area contributed by atoms with Gasteiger partial charge in [-0.05, 0) is 12.8 Å². The first-order valence-corrected chi connectivity index (χ1v) is 4.15. The second kappa shape index (κ2) is 2.24. The average molecular weight is 137 g/mol. The molecule has 2 aliphatic heterocycles. The molecule has 1 spiro atoms. The molecule has 2 aliphatic rings. The second-order valence-electron chi connectivity index (χ2n) is 3.64. The van der Waals surface area contributed by atoms with Gasteiger partial charge >= 0.3 is 0 Å². The quantitative estimate of drug-likeness (QED) is 0.392. The van der Waals surface area contributed by atoms with Gasteiger partial charge in [0.15, 0.2) is 0 Å². The molecule has 3 heteroatoms. The first-order valence-electron chi connectivity index (χ1n) is 4.15. The standard InChI is InChI=1S/C7H14BN2/c9-10-5-2-7(3-6-10)1-4-8-7/h1-6,9H2. The summed E-state index contributed by atoms with van der Waals surface area (Å²) >= 11 is 0. The molecule has 0 atom stereocenters. The number of hydrogen-bond acceptors (Lipinski definition) is 2. The Hall–Kier alpha value is -0.0151. The lowest BCUT2D eigenvalue weighted by atomic mass is 9.35. The Morgan fingerprint density at radius 2 is 1.80 bits per heavy atom. The Balaban J connectivity index is 1.90. The van der Waals surface area contributed by atoms with Gasteiger partial charge < -0.3 is 0 Å². The zero-order valence-corrected chi connectivity index (χ0v) is 6.34. The van der Waals surface area contributed by atoms with Crippen molar-refractivity contribution in [1.29, 1.82) is 0 Å². The minimum atomic E-state index is 0.635. The number of rotatable bonds is 0. The summed E-state index contributed by atoms with van der Waals surface area (Å²) in [6, 6.07) is 0. The summed E-state index contributed by atoms with van der Waals surface area (Å²) in [5.41, 5.74) is 0. The van der Waals surface area contributed by atoms with E-state index >= 15 is 0 Å². The lowest BCUT2D eigenvalue weighted by Crippen LogP contribution is -2.45. The fraction of sp³-hybridized carbons (Fsp3) is 1.00. The first kappa shape index (κ1) is 6.68. The zero-order chi connectivity index (χ0) is 7.03. The van der Waals surface area contributed by atoms with Gasteiger partial charge in [-0.25, -0.2) is 5.01 Å². The van der Waals surface area contributed by atoms with Crippen LogP contribution in [0.25, 0.3) is 0 Å². The fourth-order valence-electron chi connectivity index (χ4n) is 1.98. The van der Waals surface area contributed by atoms with E-state index in [-0.39, 0.29) is 0 Å². The largest absolute Gasteiger partial charge is 0.269 e. The van der Waals surface area contributed by atoms with Crippen LogP contribution in [0.1, 0.15) is 19.3 Å². The molecule has 0 aliphatic carbocycles. The minimum absolute atomic E-state index is 0.635. The molecule has 2 rings (SSSR count). The average Bonchev–Trinajstić information content (AvgIpc) is 1.86. The van der Waals surface area contributed by atoms with Crippen LogP contribution < -0.4 is 5.84 Å². The highest BCUT2D eigenvalue weighted by molar-refractivity contribution is 6.44. The van der Waals surface area contributed by atoms with Crippen molar-refractivity contribution in [1.82, 2.24) is 5.01 Å². The third-order valence-corrected chi connectivity index (χ3v) is 3.01. The number of hydrazine groups is 1. The van der Waals surface area contributed by atoms with Crippen LogP contribution in [-0.4, -0.2) is 25.4 Å². The third kappa shape index (κ3) is 0.975. The van der Waals surface area contributed by atoms with E-state index in [1.807, 2.05) is 5.01 Å². The molecule has 0 aromatic rings. The van der Waals surface area contributed by atoms with E-state index in [2.05, 4.69) is 7.28 Å². The number of piperidine rings is 1. The molecule has 2 saturated heterocycles. The summed E-state index contributed by atoms with van der Waals surface area (Å²) in [7, 11) is 2.49. The van der Waals surface area contributed by atoms with Crippen LogP contribution in [-0.2, 0) is 0 Å². The molecule has 2 heterocycles. The Bertz CT molecular complexity index is 124. The monoisotopic (exact) mass is 137 g/mol. The molecule has 1 radical (unpaired) electrons. The zero-order valence-electron chi connectivity index (χ0n) is 6.34. The van der Waals surface area contributed by atoms with Crippen molar-refractivity contribution in [3.8, 4) is 0 Å². The highest BCUT2D eigenvalue weighted by Crippen LogP contribution is 2.49. The fourth-order valence-corrected chi connectivity index (χ4v) is 1.98. The Morgan fingerprint density at radius 3 is 2.20 bits per heavy atom. The van der Waals surface area contributed by atoms with E-state index in [0.717, 1.165) is 13.1 Å². The molecular weight excluding hydrogens is 123 g/mol. The van der Waals surface area contributed by atoms with Crippen LogP contribution in [0.5, 0.6) is 0 Å². The van der Waals surface area contributed by atoms with E-state index in [1.54, 1.807) is 0 Å². The Labute approximate surface area is 63.0 Å². The van der Waals surface area contributed by atoms with Crippen molar-refractivity contribution >= 4 is 7.28 Å². The van der Waals surface area contributed by atoms with Crippen LogP contribution in [0.3, 0.4) is 0 Å². The molecular formula is C7H14BN2. The molecule has 0 unspecified atom stereocenters. The van der Waals surface area contributed by atoms with Gasteiger partial charge in [0.05, 0.1) is 0 Å². The molecule has 0 amide bonds. The van der Waals surface area contributed by atoms with Crippen molar-refractivity contribution in [3.05, 3.63) is 0 Å².